The third kappa shape index (κ3) is 5.09. The second-order valence-corrected chi connectivity index (χ2v) is 3.09. The number of rotatable bonds is 8. The minimum absolute atomic E-state index is 0.260. The first-order valence-corrected chi connectivity index (χ1v) is 5.37. The molecule has 0 fully saturated rings. The molecule has 0 aliphatic carbocycles. The average Bonchev–Trinajstić information content (AvgIpc) is 2.30. The van der Waals surface area contributed by atoms with Gasteiger partial charge in [-0.2, -0.15) is 0 Å². The molecule has 1 aromatic rings. The van der Waals surface area contributed by atoms with E-state index in [-0.39, 0.29) is 11.6 Å². The molecule has 0 atom stereocenters. The van der Waals surface area contributed by atoms with Crippen molar-refractivity contribution < 1.29 is 18.6 Å². The van der Waals surface area contributed by atoms with E-state index in [0.29, 0.717) is 33.0 Å². The van der Waals surface area contributed by atoms with Gasteiger partial charge in [-0.3, -0.25) is 0 Å². The average molecular weight is 228 g/mol. The van der Waals surface area contributed by atoms with Gasteiger partial charge in [-0.1, -0.05) is 12.1 Å². The van der Waals surface area contributed by atoms with Gasteiger partial charge >= 0.3 is 0 Å². The van der Waals surface area contributed by atoms with Crippen LogP contribution in [0.5, 0.6) is 5.75 Å². The monoisotopic (exact) mass is 228 g/mol. The Kier molecular flexibility index (Phi) is 6.53. The summed E-state index contributed by atoms with van der Waals surface area (Å²) in [6.07, 6.45) is 0. The molecule has 4 heteroatoms. The molecule has 0 saturated heterocycles. The molecule has 0 heterocycles. The van der Waals surface area contributed by atoms with Crippen LogP contribution in [0.15, 0.2) is 24.3 Å². The minimum atomic E-state index is -0.350. The van der Waals surface area contributed by atoms with Crippen molar-refractivity contribution in [2.45, 2.75) is 6.92 Å². The van der Waals surface area contributed by atoms with Crippen molar-refractivity contribution >= 4 is 0 Å². The third-order valence-electron chi connectivity index (χ3n) is 1.90. The lowest BCUT2D eigenvalue weighted by molar-refractivity contribution is 0.0400. The first-order chi connectivity index (χ1) is 7.84. The van der Waals surface area contributed by atoms with Crippen LogP contribution in [0, 0.1) is 5.82 Å². The highest BCUT2D eigenvalue weighted by atomic mass is 19.1. The fourth-order valence-electron chi connectivity index (χ4n) is 1.14. The number of hydrogen-bond acceptors (Lipinski definition) is 3. The molecule has 1 aromatic carbocycles. The van der Waals surface area contributed by atoms with E-state index in [4.69, 9.17) is 14.2 Å². The summed E-state index contributed by atoms with van der Waals surface area (Å²) in [6, 6.07) is 6.32. The molecule has 0 bridgehead atoms. The summed E-state index contributed by atoms with van der Waals surface area (Å²) in [7, 11) is 0. The van der Waals surface area contributed by atoms with Gasteiger partial charge in [-0.15, -0.1) is 0 Å². The smallest absolute Gasteiger partial charge is 0.165 e. The Balaban J connectivity index is 2.05. The first kappa shape index (κ1) is 12.9. The van der Waals surface area contributed by atoms with Gasteiger partial charge in [0.25, 0.3) is 0 Å². The fraction of sp³-hybridized carbons (Fsp3) is 0.500. The normalized spacial score (nSPS) is 10.4. The van der Waals surface area contributed by atoms with Crippen LogP contribution in [0.4, 0.5) is 4.39 Å². The molecular weight excluding hydrogens is 211 g/mol. The SMILES string of the molecule is CCOCCOCCOc1ccccc1F. The molecule has 0 N–H and O–H groups in total. The van der Waals surface area contributed by atoms with Crippen LogP contribution in [0.25, 0.3) is 0 Å². The summed E-state index contributed by atoms with van der Waals surface area (Å²) in [6.45, 7) is 4.51. The molecule has 0 amide bonds. The van der Waals surface area contributed by atoms with Crippen LogP contribution in [-0.4, -0.2) is 33.0 Å². The van der Waals surface area contributed by atoms with Gasteiger partial charge in [-0.25, -0.2) is 4.39 Å². The van der Waals surface area contributed by atoms with Crippen LogP contribution < -0.4 is 4.74 Å². The zero-order valence-electron chi connectivity index (χ0n) is 9.45. The summed E-state index contributed by atoms with van der Waals surface area (Å²) in [5, 5.41) is 0. The second kappa shape index (κ2) is 8.07. The molecular formula is C12H17FO3. The Morgan fingerprint density at radius 3 is 2.44 bits per heavy atom. The van der Waals surface area contributed by atoms with Gasteiger partial charge in [0.2, 0.25) is 0 Å². The van der Waals surface area contributed by atoms with E-state index in [9.17, 15) is 4.39 Å². The fourth-order valence-corrected chi connectivity index (χ4v) is 1.14. The lowest BCUT2D eigenvalue weighted by atomic mass is 10.3. The molecule has 90 valence electrons. The molecule has 0 aliphatic heterocycles. The number of hydrogen-bond donors (Lipinski definition) is 0. The Morgan fingerprint density at radius 2 is 1.69 bits per heavy atom. The van der Waals surface area contributed by atoms with Gasteiger partial charge in [0.1, 0.15) is 6.61 Å². The summed E-state index contributed by atoms with van der Waals surface area (Å²) in [4.78, 5) is 0. The van der Waals surface area contributed by atoms with Gasteiger partial charge < -0.3 is 14.2 Å². The number of benzene rings is 1. The van der Waals surface area contributed by atoms with E-state index in [2.05, 4.69) is 0 Å². The van der Waals surface area contributed by atoms with E-state index < -0.39 is 0 Å². The second-order valence-electron chi connectivity index (χ2n) is 3.09. The van der Waals surface area contributed by atoms with E-state index >= 15 is 0 Å². The van der Waals surface area contributed by atoms with Crippen LogP contribution in [0.2, 0.25) is 0 Å². The van der Waals surface area contributed by atoms with Crippen molar-refractivity contribution in [3.8, 4) is 5.75 Å². The maximum Gasteiger partial charge on any atom is 0.165 e. The van der Waals surface area contributed by atoms with E-state index in [1.807, 2.05) is 6.92 Å². The van der Waals surface area contributed by atoms with Crippen LogP contribution in [-0.2, 0) is 9.47 Å². The van der Waals surface area contributed by atoms with Crippen LogP contribution >= 0.6 is 0 Å². The molecule has 1 rings (SSSR count). The molecule has 0 aliphatic rings. The summed E-state index contributed by atoms with van der Waals surface area (Å²) in [5.41, 5.74) is 0. The van der Waals surface area contributed by atoms with Gasteiger partial charge in [-0.05, 0) is 19.1 Å². The maximum atomic E-state index is 13.1. The topological polar surface area (TPSA) is 27.7 Å². The Bertz CT molecular complexity index is 291. The molecule has 0 aromatic heterocycles. The largest absolute Gasteiger partial charge is 0.488 e. The number of para-hydroxylation sites is 1. The summed E-state index contributed by atoms with van der Waals surface area (Å²) in [5.74, 6) is -0.0901. The van der Waals surface area contributed by atoms with Gasteiger partial charge in [0.05, 0.1) is 19.8 Å². The number of ether oxygens (including phenoxy) is 3. The Morgan fingerprint density at radius 1 is 1.00 bits per heavy atom. The zero-order valence-corrected chi connectivity index (χ0v) is 9.45. The van der Waals surface area contributed by atoms with Gasteiger partial charge in [0.15, 0.2) is 11.6 Å². The van der Waals surface area contributed by atoms with E-state index in [1.54, 1.807) is 18.2 Å². The quantitative estimate of drug-likeness (QED) is 0.639. The molecule has 0 spiro atoms. The summed E-state index contributed by atoms with van der Waals surface area (Å²) >= 11 is 0. The molecule has 16 heavy (non-hydrogen) atoms. The predicted molar refractivity (Wildman–Crippen MR) is 59.2 cm³/mol. The maximum absolute atomic E-state index is 13.1. The van der Waals surface area contributed by atoms with Crippen molar-refractivity contribution in [2.24, 2.45) is 0 Å². The van der Waals surface area contributed by atoms with Crippen molar-refractivity contribution in [2.75, 3.05) is 33.0 Å². The van der Waals surface area contributed by atoms with E-state index in [0.717, 1.165) is 0 Å². The number of halogens is 1. The lowest BCUT2D eigenvalue weighted by Crippen LogP contribution is -2.11. The Hall–Kier alpha value is -1.13. The van der Waals surface area contributed by atoms with Crippen molar-refractivity contribution in [3.05, 3.63) is 30.1 Å². The zero-order chi connectivity index (χ0) is 11.6. The standard InChI is InChI=1S/C12H17FO3/c1-2-14-7-8-15-9-10-16-12-6-4-3-5-11(12)13/h3-6H,2,7-10H2,1H3. The van der Waals surface area contributed by atoms with Crippen molar-refractivity contribution in [3.63, 3.8) is 0 Å². The van der Waals surface area contributed by atoms with Crippen LogP contribution in [0.1, 0.15) is 6.92 Å². The highest BCUT2D eigenvalue weighted by Crippen LogP contribution is 2.14. The van der Waals surface area contributed by atoms with Crippen molar-refractivity contribution in [1.29, 1.82) is 0 Å². The highest BCUT2D eigenvalue weighted by Gasteiger charge is 2.00. The first-order valence-electron chi connectivity index (χ1n) is 5.37. The van der Waals surface area contributed by atoms with Crippen molar-refractivity contribution in [1.82, 2.24) is 0 Å². The Labute approximate surface area is 95.1 Å². The van der Waals surface area contributed by atoms with Gasteiger partial charge in [0, 0.05) is 6.61 Å². The predicted octanol–water partition coefficient (Wildman–Crippen LogP) is 2.26. The minimum Gasteiger partial charge on any atom is -0.488 e. The lowest BCUT2D eigenvalue weighted by Gasteiger charge is -2.07. The van der Waals surface area contributed by atoms with E-state index in [1.165, 1.54) is 6.07 Å². The molecule has 0 unspecified atom stereocenters. The summed E-state index contributed by atoms with van der Waals surface area (Å²) < 4.78 is 28.6. The molecule has 0 saturated carbocycles. The van der Waals surface area contributed by atoms with Crippen LogP contribution in [0.3, 0.4) is 0 Å². The highest BCUT2D eigenvalue weighted by molar-refractivity contribution is 5.23. The molecule has 3 nitrogen and oxygen atoms in total. The molecule has 0 radical (unpaired) electrons. The third-order valence-corrected chi connectivity index (χ3v) is 1.90.